The van der Waals surface area contributed by atoms with Gasteiger partial charge in [-0.2, -0.15) is 4.37 Å². The van der Waals surface area contributed by atoms with E-state index in [9.17, 15) is 0 Å². The van der Waals surface area contributed by atoms with Crippen molar-refractivity contribution in [1.82, 2.24) is 9.69 Å². The zero-order chi connectivity index (χ0) is 9.26. The summed E-state index contributed by atoms with van der Waals surface area (Å²) in [6.07, 6.45) is 2.58. The normalized spacial score (nSPS) is 33.8. The highest BCUT2D eigenvalue weighted by molar-refractivity contribution is 7.03. The molecule has 3 atom stereocenters. The lowest BCUT2D eigenvalue weighted by Gasteiger charge is -2.18. The molecule has 0 amide bonds. The third-order valence-electron chi connectivity index (χ3n) is 3.27. The van der Waals surface area contributed by atoms with Crippen LogP contribution in [0.3, 0.4) is 0 Å². The molecule has 2 rings (SSSR count). The Morgan fingerprint density at radius 3 is 2.92 bits per heavy atom. The monoisotopic (exact) mass is 196 g/mol. The highest BCUT2D eigenvalue weighted by atomic mass is 32.1. The fourth-order valence-electron chi connectivity index (χ4n) is 2.40. The van der Waals surface area contributed by atoms with E-state index in [0.29, 0.717) is 12.0 Å². The lowest BCUT2D eigenvalue weighted by molar-refractivity contribution is 0.426. The average Bonchev–Trinajstić information content (AvgIpc) is 2.72. The fourth-order valence-corrected chi connectivity index (χ4v) is 2.98. The van der Waals surface area contributed by atoms with Crippen molar-refractivity contribution in [1.29, 1.82) is 0 Å². The van der Waals surface area contributed by atoms with E-state index < -0.39 is 0 Å². The van der Waals surface area contributed by atoms with E-state index in [-0.39, 0.29) is 0 Å². The standard InChI is InChI=1S/C10H16N2S/c1-7-8(3-4-9(7)11-2)10-5-6-13-12-10/h5-9,11H,3-4H2,1-2H3. The number of nitrogens with one attached hydrogen (secondary N) is 1. The highest BCUT2D eigenvalue weighted by Crippen LogP contribution is 2.38. The maximum absolute atomic E-state index is 4.43. The molecule has 13 heavy (non-hydrogen) atoms. The van der Waals surface area contributed by atoms with Crippen LogP contribution in [-0.4, -0.2) is 17.5 Å². The smallest absolute Gasteiger partial charge is 0.0576 e. The van der Waals surface area contributed by atoms with E-state index in [1.807, 2.05) is 0 Å². The molecule has 1 N–H and O–H groups in total. The minimum absolute atomic E-state index is 0.684. The topological polar surface area (TPSA) is 24.9 Å². The summed E-state index contributed by atoms with van der Waals surface area (Å²) in [6, 6.07) is 2.86. The average molecular weight is 196 g/mol. The molecule has 0 radical (unpaired) electrons. The molecular formula is C10H16N2S. The quantitative estimate of drug-likeness (QED) is 0.784. The maximum atomic E-state index is 4.43. The number of aromatic nitrogens is 1. The Hall–Kier alpha value is -0.410. The highest BCUT2D eigenvalue weighted by Gasteiger charge is 2.33. The van der Waals surface area contributed by atoms with Gasteiger partial charge in [0.05, 0.1) is 5.69 Å². The molecule has 1 fully saturated rings. The van der Waals surface area contributed by atoms with Crippen LogP contribution in [0.5, 0.6) is 0 Å². The first-order valence-electron chi connectivity index (χ1n) is 4.90. The Morgan fingerprint density at radius 2 is 2.38 bits per heavy atom. The summed E-state index contributed by atoms with van der Waals surface area (Å²) in [5.74, 6) is 1.41. The van der Waals surface area contributed by atoms with Gasteiger partial charge in [-0.25, -0.2) is 0 Å². The Morgan fingerprint density at radius 1 is 1.54 bits per heavy atom. The molecule has 72 valence electrons. The molecule has 3 heteroatoms. The number of hydrogen-bond acceptors (Lipinski definition) is 3. The van der Waals surface area contributed by atoms with Crippen molar-refractivity contribution in [3.05, 3.63) is 17.1 Å². The van der Waals surface area contributed by atoms with Gasteiger partial charge in [-0.05, 0) is 43.4 Å². The second-order valence-electron chi connectivity index (χ2n) is 3.86. The summed E-state index contributed by atoms with van der Waals surface area (Å²) < 4.78 is 4.43. The first kappa shape index (κ1) is 9.16. The van der Waals surface area contributed by atoms with Gasteiger partial charge in [-0.1, -0.05) is 6.92 Å². The van der Waals surface area contributed by atoms with E-state index in [4.69, 9.17) is 0 Å². The van der Waals surface area contributed by atoms with E-state index in [1.165, 1.54) is 18.5 Å². The lowest BCUT2D eigenvalue weighted by atomic mass is 9.93. The largest absolute Gasteiger partial charge is 0.317 e. The molecule has 0 aliphatic heterocycles. The number of nitrogens with zero attached hydrogens (tertiary/aromatic N) is 1. The zero-order valence-electron chi connectivity index (χ0n) is 8.16. The van der Waals surface area contributed by atoms with Gasteiger partial charge in [0, 0.05) is 17.3 Å². The molecule has 1 aromatic rings. The molecule has 1 aliphatic rings. The third-order valence-corrected chi connectivity index (χ3v) is 3.84. The first-order chi connectivity index (χ1) is 6.33. The zero-order valence-corrected chi connectivity index (χ0v) is 8.97. The van der Waals surface area contributed by atoms with Crippen molar-refractivity contribution in [3.8, 4) is 0 Å². The molecule has 0 spiro atoms. The van der Waals surface area contributed by atoms with Crippen LogP contribution >= 0.6 is 11.5 Å². The van der Waals surface area contributed by atoms with Crippen molar-refractivity contribution < 1.29 is 0 Å². The van der Waals surface area contributed by atoms with E-state index >= 15 is 0 Å². The van der Waals surface area contributed by atoms with Crippen LogP contribution in [0, 0.1) is 5.92 Å². The van der Waals surface area contributed by atoms with E-state index in [0.717, 1.165) is 5.92 Å². The van der Waals surface area contributed by atoms with Gasteiger partial charge >= 0.3 is 0 Å². The van der Waals surface area contributed by atoms with Crippen LogP contribution in [0.15, 0.2) is 11.4 Å². The predicted molar refractivity (Wildman–Crippen MR) is 56.1 cm³/mol. The summed E-state index contributed by atoms with van der Waals surface area (Å²) >= 11 is 1.57. The molecule has 1 saturated carbocycles. The second-order valence-corrected chi connectivity index (χ2v) is 4.53. The molecule has 1 heterocycles. The van der Waals surface area contributed by atoms with Gasteiger partial charge in [-0.3, -0.25) is 0 Å². The SMILES string of the molecule is CNC1CCC(c2ccsn2)C1C. The summed E-state index contributed by atoms with van der Waals surface area (Å²) in [5.41, 5.74) is 1.30. The van der Waals surface area contributed by atoms with Gasteiger partial charge in [0.1, 0.15) is 0 Å². The van der Waals surface area contributed by atoms with Crippen molar-refractivity contribution in [2.75, 3.05) is 7.05 Å². The fraction of sp³-hybridized carbons (Fsp3) is 0.700. The van der Waals surface area contributed by atoms with Crippen molar-refractivity contribution >= 4 is 11.5 Å². The second kappa shape index (κ2) is 3.76. The molecule has 0 bridgehead atoms. The Bertz CT molecular complexity index is 258. The molecule has 2 nitrogen and oxygen atoms in total. The Labute approximate surface area is 83.5 Å². The molecular weight excluding hydrogens is 180 g/mol. The van der Waals surface area contributed by atoms with Crippen LogP contribution in [0.25, 0.3) is 0 Å². The van der Waals surface area contributed by atoms with Crippen LogP contribution in [0.4, 0.5) is 0 Å². The number of rotatable bonds is 2. The van der Waals surface area contributed by atoms with Crippen molar-refractivity contribution in [2.24, 2.45) is 5.92 Å². The van der Waals surface area contributed by atoms with Gasteiger partial charge in [-0.15, -0.1) is 0 Å². The van der Waals surface area contributed by atoms with Gasteiger partial charge < -0.3 is 5.32 Å². The van der Waals surface area contributed by atoms with Crippen molar-refractivity contribution in [2.45, 2.75) is 31.7 Å². The number of hydrogen-bond donors (Lipinski definition) is 1. The minimum Gasteiger partial charge on any atom is -0.317 e. The van der Waals surface area contributed by atoms with Crippen LogP contribution < -0.4 is 5.32 Å². The van der Waals surface area contributed by atoms with E-state index in [2.05, 4.69) is 35.1 Å². The Kier molecular flexibility index (Phi) is 2.65. The summed E-state index contributed by atoms with van der Waals surface area (Å²) in [7, 11) is 2.06. The maximum Gasteiger partial charge on any atom is 0.0576 e. The van der Waals surface area contributed by atoms with Crippen LogP contribution in [-0.2, 0) is 0 Å². The predicted octanol–water partition coefficient (Wildman–Crippen LogP) is 2.24. The molecule has 1 aromatic heterocycles. The van der Waals surface area contributed by atoms with E-state index in [1.54, 1.807) is 11.5 Å². The molecule has 0 aromatic carbocycles. The van der Waals surface area contributed by atoms with Gasteiger partial charge in [0.25, 0.3) is 0 Å². The minimum atomic E-state index is 0.684. The Balaban J connectivity index is 2.11. The summed E-state index contributed by atoms with van der Waals surface area (Å²) in [5, 5.41) is 5.46. The van der Waals surface area contributed by atoms with Crippen LogP contribution in [0.2, 0.25) is 0 Å². The third kappa shape index (κ3) is 1.63. The molecule has 3 unspecified atom stereocenters. The lowest BCUT2D eigenvalue weighted by Crippen LogP contribution is -2.28. The summed E-state index contributed by atoms with van der Waals surface area (Å²) in [4.78, 5) is 0. The molecule has 1 aliphatic carbocycles. The van der Waals surface area contributed by atoms with Gasteiger partial charge in [0.2, 0.25) is 0 Å². The summed E-state index contributed by atoms with van der Waals surface area (Å²) in [6.45, 7) is 2.33. The van der Waals surface area contributed by atoms with Gasteiger partial charge in [0.15, 0.2) is 0 Å². The van der Waals surface area contributed by atoms with Crippen LogP contribution in [0.1, 0.15) is 31.4 Å². The van der Waals surface area contributed by atoms with Crippen molar-refractivity contribution in [3.63, 3.8) is 0 Å². The first-order valence-corrected chi connectivity index (χ1v) is 5.74. The molecule has 0 saturated heterocycles.